The molecule has 0 fully saturated rings. The average Bonchev–Trinajstić information content (AvgIpc) is 2.30. The lowest BCUT2D eigenvalue weighted by molar-refractivity contribution is -0.927. The van der Waals surface area contributed by atoms with Crippen molar-refractivity contribution in [3.63, 3.8) is 0 Å². The van der Waals surface area contributed by atoms with Crippen LogP contribution in [-0.2, 0) is 4.74 Å². The maximum atomic E-state index is 11.9. The van der Waals surface area contributed by atoms with Crippen LogP contribution in [0, 0.1) is 0 Å². The Hall–Kier alpha value is -0.580. The molecular weight excluding hydrogens is 330 g/mol. The van der Waals surface area contributed by atoms with E-state index in [1.165, 1.54) is 4.90 Å². The molecule has 0 radical (unpaired) electrons. The minimum Gasteiger partial charge on any atom is -0.456 e. The zero-order chi connectivity index (χ0) is 14.6. The molecular formula is C14H20BrClNO2+. The number of nitrogens with one attached hydrogen (secondary N) is 1. The largest absolute Gasteiger partial charge is 0.456 e. The van der Waals surface area contributed by atoms with E-state index in [0.29, 0.717) is 17.2 Å². The van der Waals surface area contributed by atoms with Crippen molar-refractivity contribution < 1.29 is 14.4 Å². The summed E-state index contributed by atoms with van der Waals surface area (Å²) in [6.45, 7) is 7.59. The Kier molecular flexibility index (Phi) is 5.83. The third-order valence-corrected chi connectivity index (χ3v) is 3.96. The summed E-state index contributed by atoms with van der Waals surface area (Å²) >= 11 is 9.29. The number of rotatable bonds is 4. The number of benzene rings is 1. The lowest BCUT2D eigenvalue weighted by Crippen LogP contribution is -3.16. The minimum absolute atomic E-state index is 0.139. The van der Waals surface area contributed by atoms with Crippen molar-refractivity contribution >= 4 is 33.5 Å². The van der Waals surface area contributed by atoms with Crippen LogP contribution in [0.1, 0.15) is 31.1 Å². The number of quaternary nitrogens is 1. The van der Waals surface area contributed by atoms with Crippen LogP contribution in [0.25, 0.3) is 0 Å². The zero-order valence-corrected chi connectivity index (χ0v) is 14.1. The fourth-order valence-corrected chi connectivity index (χ4v) is 1.96. The van der Waals surface area contributed by atoms with Crippen LogP contribution in [0.3, 0.4) is 0 Å². The van der Waals surface area contributed by atoms with Crippen LogP contribution in [0.5, 0.6) is 0 Å². The highest BCUT2D eigenvalue weighted by Crippen LogP contribution is 2.21. The molecule has 1 atom stereocenters. The predicted octanol–water partition coefficient (Wildman–Crippen LogP) is 2.57. The Bertz CT molecular complexity index is 457. The number of ether oxygens (including phenoxy) is 1. The summed E-state index contributed by atoms with van der Waals surface area (Å²) < 4.78 is 6.07. The van der Waals surface area contributed by atoms with Crippen molar-refractivity contribution in [2.45, 2.75) is 26.3 Å². The Balaban J connectivity index is 2.55. The molecule has 0 amide bonds. The Morgan fingerprint density at radius 3 is 2.63 bits per heavy atom. The number of carbonyl (C=O) groups excluding carboxylic acids is 1. The van der Waals surface area contributed by atoms with Crippen molar-refractivity contribution in [1.82, 2.24) is 0 Å². The van der Waals surface area contributed by atoms with Crippen molar-refractivity contribution in [3.05, 3.63) is 33.3 Å². The van der Waals surface area contributed by atoms with Gasteiger partial charge in [-0.2, -0.15) is 0 Å². The van der Waals surface area contributed by atoms with E-state index in [1.807, 2.05) is 0 Å². The van der Waals surface area contributed by atoms with Gasteiger partial charge in [-0.05, 0) is 39.0 Å². The number of hydrogen-bond donors (Lipinski definition) is 1. The van der Waals surface area contributed by atoms with Crippen molar-refractivity contribution in [3.8, 4) is 0 Å². The molecule has 0 aliphatic heterocycles. The number of hydrogen-bond acceptors (Lipinski definition) is 2. The van der Waals surface area contributed by atoms with E-state index in [2.05, 4.69) is 43.7 Å². The monoisotopic (exact) mass is 348 g/mol. The van der Waals surface area contributed by atoms with Crippen LogP contribution in [0.4, 0.5) is 0 Å². The van der Waals surface area contributed by atoms with Gasteiger partial charge in [0.1, 0.15) is 13.2 Å². The van der Waals surface area contributed by atoms with E-state index in [1.54, 1.807) is 18.2 Å². The first-order chi connectivity index (χ1) is 8.71. The zero-order valence-electron chi connectivity index (χ0n) is 11.7. The summed E-state index contributed by atoms with van der Waals surface area (Å²) in [5.74, 6) is -0.381. The molecule has 0 saturated heterocycles. The molecule has 1 aromatic carbocycles. The van der Waals surface area contributed by atoms with Gasteiger partial charge in [0.25, 0.3) is 0 Å². The molecule has 0 bridgehead atoms. The molecule has 0 heterocycles. The van der Waals surface area contributed by atoms with Gasteiger partial charge in [0, 0.05) is 4.47 Å². The summed E-state index contributed by atoms with van der Waals surface area (Å²) in [5.41, 5.74) is 0.532. The fourth-order valence-electron chi connectivity index (χ4n) is 1.40. The van der Waals surface area contributed by atoms with E-state index < -0.39 is 0 Å². The van der Waals surface area contributed by atoms with Gasteiger partial charge in [0.15, 0.2) is 0 Å². The molecule has 0 aliphatic carbocycles. The highest BCUT2D eigenvalue weighted by Gasteiger charge is 2.21. The fraction of sp³-hybridized carbons (Fsp3) is 0.500. The van der Waals surface area contributed by atoms with Crippen LogP contribution in [-0.4, -0.2) is 31.7 Å². The van der Waals surface area contributed by atoms with Crippen LogP contribution >= 0.6 is 27.5 Å². The second-order valence-electron chi connectivity index (χ2n) is 5.54. The van der Waals surface area contributed by atoms with Gasteiger partial charge in [0.05, 0.1) is 23.2 Å². The van der Waals surface area contributed by atoms with Crippen LogP contribution in [0.15, 0.2) is 22.7 Å². The summed E-state index contributed by atoms with van der Waals surface area (Å²) in [5, 5.41) is 0.407. The number of halogens is 2. The maximum Gasteiger partial charge on any atom is 0.339 e. The molecule has 19 heavy (non-hydrogen) atoms. The standard InChI is InChI=1S/C14H19BrClNO2/c1-14(2,3)17(4)7-8-19-13(18)11-9-10(15)5-6-12(11)16/h5-6,9H,7-8H2,1-4H3/p+1. The van der Waals surface area contributed by atoms with E-state index in [-0.39, 0.29) is 11.5 Å². The van der Waals surface area contributed by atoms with Crippen molar-refractivity contribution in [1.29, 1.82) is 0 Å². The number of likely N-dealkylation sites (N-methyl/N-ethyl adjacent to an activating group) is 1. The first kappa shape index (κ1) is 16.5. The molecule has 0 aromatic heterocycles. The summed E-state index contributed by atoms with van der Waals surface area (Å²) in [7, 11) is 2.08. The lowest BCUT2D eigenvalue weighted by Gasteiger charge is -2.28. The van der Waals surface area contributed by atoms with Gasteiger partial charge >= 0.3 is 5.97 Å². The summed E-state index contributed by atoms with van der Waals surface area (Å²) in [6.07, 6.45) is 0. The van der Waals surface area contributed by atoms with Gasteiger partial charge in [0.2, 0.25) is 0 Å². The second kappa shape index (κ2) is 6.73. The Morgan fingerprint density at radius 1 is 1.42 bits per heavy atom. The normalized spacial score (nSPS) is 13.2. The van der Waals surface area contributed by atoms with Crippen molar-refractivity contribution in [2.24, 2.45) is 0 Å². The highest BCUT2D eigenvalue weighted by atomic mass is 79.9. The number of esters is 1. The predicted molar refractivity (Wildman–Crippen MR) is 80.9 cm³/mol. The molecule has 1 N–H and O–H groups in total. The second-order valence-corrected chi connectivity index (χ2v) is 6.86. The molecule has 0 aliphatic rings. The molecule has 5 heteroatoms. The smallest absolute Gasteiger partial charge is 0.339 e. The van der Waals surface area contributed by atoms with Crippen molar-refractivity contribution in [2.75, 3.05) is 20.2 Å². The quantitative estimate of drug-likeness (QED) is 0.847. The molecule has 0 saturated carbocycles. The molecule has 1 rings (SSSR count). The summed E-state index contributed by atoms with van der Waals surface area (Å²) in [6, 6.07) is 5.14. The van der Waals surface area contributed by atoms with E-state index in [0.717, 1.165) is 11.0 Å². The Morgan fingerprint density at radius 2 is 2.05 bits per heavy atom. The van der Waals surface area contributed by atoms with Crippen LogP contribution < -0.4 is 4.90 Å². The van der Waals surface area contributed by atoms with Gasteiger partial charge < -0.3 is 9.64 Å². The Labute approximate surface area is 128 Å². The highest BCUT2D eigenvalue weighted by molar-refractivity contribution is 9.10. The maximum absolute atomic E-state index is 11.9. The van der Waals surface area contributed by atoms with Gasteiger partial charge in [-0.1, -0.05) is 27.5 Å². The van der Waals surface area contributed by atoms with Crippen LogP contribution in [0.2, 0.25) is 5.02 Å². The number of carbonyl (C=O) groups is 1. The summed E-state index contributed by atoms with van der Waals surface area (Å²) in [4.78, 5) is 13.2. The average molecular weight is 350 g/mol. The van der Waals surface area contributed by atoms with Gasteiger partial charge in [-0.3, -0.25) is 0 Å². The molecule has 1 unspecified atom stereocenters. The van der Waals surface area contributed by atoms with Gasteiger partial charge in [-0.25, -0.2) is 4.79 Å². The third kappa shape index (κ3) is 5.13. The first-order valence-electron chi connectivity index (χ1n) is 6.17. The van der Waals surface area contributed by atoms with E-state index >= 15 is 0 Å². The molecule has 106 valence electrons. The molecule has 1 aromatic rings. The van der Waals surface area contributed by atoms with E-state index in [4.69, 9.17) is 16.3 Å². The third-order valence-electron chi connectivity index (χ3n) is 3.14. The van der Waals surface area contributed by atoms with Gasteiger partial charge in [-0.15, -0.1) is 0 Å². The SMILES string of the molecule is C[NH+](CCOC(=O)c1cc(Br)ccc1Cl)C(C)(C)C. The molecule has 0 spiro atoms. The topological polar surface area (TPSA) is 30.7 Å². The first-order valence-corrected chi connectivity index (χ1v) is 7.34. The lowest BCUT2D eigenvalue weighted by atomic mass is 10.1. The molecule has 3 nitrogen and oxygen atoms in total. The van der Waals surface area contributed by atoms with E-state index in [9.17, 15) is 4.79 Å². The minimum atomic E-state index is -0.381.